The number of amides is 1. The van der Waals surface area contributed by atoms with Crippen molar-refractivity contribution in [2.24, 2.45) is 0 Å². The zero-order valence-corrected chi connectivity index (χ0v) is 46.0. The average Bonchev–Trinajstić information content (AvgIpc) is 3.33. The van der Waals surface area contributed by atoms with Crippen molar-refractivity contribution >= 4 is 11.9 Å². The van der Waals surface area contributed by atoms with E-state index in [1.54, 1.807) is 0 Å². The molecule has 0 heterocycles. The Balaban J connectivity index is 4.48. The van der Waals surface area contributed by atoms with Crippen molar-refractivity contribution in [3.8, 4) is 0 Å². The molecule has 0 fully saturated rings. The molecule has 0 aliphatic heterocycles. The van der Waals surface area contributed by atoms with E-state index in [2.05, 4.69) is 50.4 Å². The molecule has 0 spiro atoms. The number of ether oxygens (including phenoxy) is 1. The number of rotatable bonds is 56. The monoisotopic (exact) mass is 958 g/mol. The molecule has 0 aliphatic rings. The van der Waals surface area contributed by atoms with Gasteiger partial charge in [-0.05, 0) is 57.8 Å². The third-order valence-corrected chi connectivity index (χ3v) is 14.3. The highest BCUT2D eigenvalue weighted by atomic mass is 16.5. The second kappa shape index (κ2) is 56.3. The minimum Gasteiger partial charge on any atom is -0.462 e. The van der Waals surface area contributed by atoms with Gasteiger partial charge in [0, 0.05) is 6.42 Å². The Morgan fingerprint density at radius 2 is 0.750 bits per heavy atom. The molecular weight excluding hydrogens is 839 g/mol. The molecule has 0 aliphatic carbocycles. The third-order valence-electron chi connectivity index (χ3n) is 14.3. The lowest BCUT2D eigenvalue weighted by Gasteiger charge is -2.24. The number of carbonyl (C=O) groups is 2. The number of aliphatic hydroxyl groups excluding tert-OH is 2. The maximum Gasteiger partial charge on any atom is 0.306 e. The van der Waals surface area contributed by atoms with E-state index in [1.165, 1.54) is 238 Å². The van der Waals surface area contributed by atoms with E-state index in [9.17, 15) is 19.8 Å². The minimum atomic E-state index is -0.785. The Morgan fingerprint density at radius 1 is 0.426 bits per heavy atom. The summed E-state index contributed by atoms with van der Waals surface area (Å²) in [7, 11) is 0. The van der Waals surface area contributed by atoms with Crippen LogP contribution in [0, 0.1) is 0 Å². The Morgan fingerprint density at radius 3 is 1.15 bits per heavy atom. The molecule has 0 saturated heterocycles. The second-order valence-corrected chi connectivity index (χ2v) is 21.1. The molecule has 0 bridgehead atoms. The Labute approximate surface area is 424 Å². The van der Waals surface area contributed by atoms with Crippen LogP contribution in [-0.4, -0.2) is 46.9 Å². The lowest BCUT2D eigenvalue weighted by molar-refractivity contribution is -0.151. The number of nitrogens with one attached hydrogen (secondary N) is 1. The first-order valence-corrected chi connectivity index (χ1v) is 30.6. The van der Waals surface area contributed by atoms with Crippen LogP contribution in [-0.2, 0) is 14.3 Å². The summed E-state index contributed by atoms with van der Waals surface area (Å²) in [5.41, 5.74) is 0. The van der Waals surface area contributed by atoms with Gasteiger partial charge in [-0.2, -0.15) is 0 Å². The zero-order valence-electron chi connectivity index (χ0n) is 46.0. The van der Waals surface area contributed by atoms with Gasteiger partial charge in [-0.15, -0.1) is 0 Å². The van der Waals surface area contributed by atoms with Crippen LogP contribution in [0.3, 0.4) is 0 Å². The number of allylic oxidation sites excluding steroid dienone is 4. The lowest BCUT2D eigenvalue weighted by Crippen LogP contribution is -2.46. The maximum absolute atomic E-state index is 13.3. The van der Waals surface area contributed by atoms with Gasteiger partial charge < -0.3 is 20.3 Å². The summed E-state index contributed by atoms with van der Waals surface area (Å²) < 4.78 is 5.98. The first-order valence-electron chi connectivity index (χ1n) is 30.6. The molecule has 3 N–H and O–H groups in total. The quantitative estimate of drug-likeness (QED) is 0.0321. The fourth-order valence-corrected chi connectivity index (χ4v) is 9.64. The minimum absolute atomic E-state index is 0.0826. The highest BCUT2D eigenvalue weighted by Crippen LogP contribution is 2.19. The number of aliphatic hydroxyl groups is 2. The molecule has 402 valence electrons. The summed E-state index contributed by atoms with van der Waals surface area (Å²) >= 11 is 0. The van der Waals surface area contributed by atoms with Gasteiger partial charge in [0.1, 0.15) is 6.10 Å². The van der Waals surface area contributed by atoms with Crippen molar-refractivity contribution in [1.82, 2.24) is 5.32 Å². The van der Waals surface area contributed by atoms with Gasteiger partial charge in [0.05, 0.1) is 25.2 Å². The van der Waals surface area contributed by atoms with Crippen molar-refractivity contribution in [2.75, 3.05) is 6.61 Å². The predicted octanol–water partition coefficient (Wildman–Crippen LogP) is 19.0. The first-order chi connectivity index (χ1) is 33.5. The summed E-state index contributed by atoms with van der Waals surface area (Å²) in [5, 5.41) is 23.9. The fourth-order valence-electron chi connectivity index (χ4n) is 9.64. The topological polar surface area (TPSA) is 95.9 Å². The normalized spacial score (nSPS) is 13.2. The largest absolute Gasteiger partial charge is 0.462 e. The van der Waals surface area contributed by atoms with Gasteiger partial charge >= 0.3 is 5.97 Å². The van der Waals surface area contributed by atoms with Crippen LogP contribution in [0.25, 0.3) is 0 Å². The molecule has 1 amide bonds. The first kappa shape index (κ1) is 66.3. The summed E-state index contributed by atoms with van der Waals surface area (Å²) in [6.45, 7) is 6.51. The fraction of sp³-hybridized carbons (Fsp3) is 0.903. The predicted molar refractivity (Wildman–Crippen MR) is 296 cm³/mol. The maximum atomic E-state index is 13.3. The van der Waals surface area contributed by atoms with Crippen molar-refractivity contribution in [3.63, 3.8) is 0 Å². The number of hydrogen-bond donors (Lipinski definition) is 3. The van der Waals surface area contributed by atoms with Gasteiger partial charge in [0.25, 0.3) is 0 Å². The van der Waals surface area contributed by atoms with E-state index >= 15 is 0 Å². The summed E-state index contributed by atoms with van der Waals surface area (Å²) in [5.74, 6) is -0.455. The van der Waals surface area contributed by atoms with Crippen LogP contribution < -0.4 is 5.32 Å². The summed E-state index contributed by atoms with van der Waals surface area (Å²) in [6.07, 6.45) is 66.7. The summed E-state index contributed by atoms with van der Waals surface area (Å²) in [6, 6.07) is -0.698. The standard InChI is InChI=1S/C62H119NO5/c1-4-7-10-13-16-19-22-25-28-30-31-32-34-37-40-43-46-49-52-55-62(67)68-58(53-50-47-44-41-38-35-27-24-21-18-15-12-9-6-3)56-61(66)63-59(57-64)60(65)54-51-48-45-42-39-36-33-29-26-23-20-17-14-11-8-5-2/h16,19,25,28,58-60,64-65H,4-15,17-18,20-24,26-27,29-57H2,1-3H3,(H,63,66)/b19-16-,28-25-. The van der Waals surface area contributed by atoms with E-state index in [-0.39, 0.29) is 24.9 Å². The molecule has 3 atom stereocenters. The summed E-state index contributed by atoms with van der Waals surface area (Å²) in [4.78, 5) is 26.3. The van der Waals surface area contributed by atoms with E-state index in [0.717, 1.165) is 51.4 Å². The number of carbonyl (C=O) groups excluding carboxylic acids is 2. The van der Waals surface area contributed by atoms with Crippen molar-refractivity contribution in [2.45, 2.75) is 354 Å². The molecule has 0 rings (SSSR count). The highest BCUT2D eigenvalue weighted by molar-refractivity contribution is 5.77. The molecular formula is C62H119NO5. The molecule has 6 nitrogen and oxygen atoms in total. The van der Waals surface area contributed by atoms with Crippen LogP contribution in [0.1, 0.15) is 335 Å². The van der Waals surface area contributed by atoms with E-state index < -0.39 is 18.2 Å². The molecule has 68 heavy (non-hydrogen) atoms. The molecule has 3 unspecified atom stereocenters. The number of hydrogen-bond acceptors (Lipinski definition) is 5. The van der Waals surface area contributed by atoms with Gasteiger partial charge in [-0.25, -0.2) is 0 Å². The Kier molecular flexibility index (Phi) is 54.9. The van der Waals surface area contributed by atoms with Crippen LogP contribution in [0.15, 0.2) is 24.3 Å². The lowest BCUT2D eigenvalue weighted by atomic mass is 10.0. The third kappa shape index (κ3) is 50.7. The van der Waals surface area contributed by atoms with Crippen LogP contribution in [0.2, 0.25) is 0 Å². The molecule has 6 heteroatoms. The van der Waals surface area contributed by atoms with Crippen LogP contribution >= 0.6 is 0 Å². The van der Waals surface area contributed by atoms with Crippen molar-refractivity contribution in [1.29, 1.82) is 0 Å². The van der Waals surface area contributed by atoms with E-state index in [4.69, 9.17) is 4.74 Å². The van der Waals surface area contributed by atoms with Gasteiger partial charge in [0.2, 0.25) is 5.91 Å². The molecule has 0 aromatic carbocycles. The number of esters is 1. The Bertz CT molecular complexity index is 1080. The van der Waals surface area contributed by atoms with Crippen LogP contribution in [0.4, 0.5) is 0 Å². The average molecular weight is 959 g/mol. The zero-order chi connectivity index (χ0) is 49.5. The van der Waals surface area contributed by atoms with Gasteiger partial charge in [-0.3, -0.25) is 9.59 Å². The smallest absolute Gasteiger partial charge is 0.306 e. The van der Waals surface area contributed by atoms with Crippen molar-refractivity contribution in [3.05, 3.63) is 24.3 Å². The van der Waals surface area contributed by atoms with Crippen LogP contribution in [0.5, 0.6) is 0 Å². The second-order valence-electron chi connectivity index (χ2n) is 21.1. The SMILES string of the molecule is CCCCC/C=C\C/C=C\CCCCCCCCCCCC(=O)OC(CCCCCCCCCCCCCCCC)CC(=O)NC(CO)C(O)CCCCCCCCCCCCCCCCCC. The highest BCUT2D eigenvalue weighted by Gasteiger charge is 2.24. The molecule has 0 aromatic heterocycles. The molecule has 0 radical (unpaired) electrons. The number of unbranched alkanes of at least 4 members (excludes halogenated alkanes) is 40. The molecule has 0 aromatic rings. The van der Waals surface area contributed by atoms with Gasteiger partial charge in [-0.1, -0.05) is 289 Å². The van der Waals surface area contributed by atoms with E-state index in [1.807, 2.05) is 0 Å². The van der Waals surface area contributed by atoms with Gasteiger partial charge in [0.15, 0.2) is 0 Å². The Hall–Kier alpha value is -1.66. The van der Waals surface area contributed by atoms with Crippen molar-refractivity contribution < 1.29 is 24.5 Å². The molecule has 0 saturated carbocycles. The van der Waals surface area contributed by atoms with E-state index in [0.29, 0.717) is 19.3 Å².